The second-order valence-corrected chi connectivity index (χ2v) is 5.30. The highest BCUT2D eigenvalue weighted by Crippen LogP contribution is 2.33. The number of nitrogens with zero attached hydrogens (tertiary/aromatic N) is 1. The van der Waals surface area contributed by atoms with Gasteiger partial charge in [-0.3, -0.25) is 0 Å². The molecule has 2 aromatic carbocycles. The highest BCUT2D eigenvalue weighted by atomic mass is 19.1. The molecule has 0 fully saturated rings. The van der Waals surface area contributed by atoms with Crippen LogP contribution in [0.25, 0.3) is 0 Å². The molecule has 0 radical (unpaired) electrons. The molecule has 2 aromatic rings. The lowest BCUT2D eigenvalue weighted by Gasteiger charge is -2.25. The van der Waals surface area contributed by atoms with Gasteiger partial charge in [-0.25, -0.2) is 4.39 Å². The molecule has 0 saturated carbocycles. The van der Waals surface area contributed by atoms with Crippen LogP contribution in [0.15, 0.2) is 42.5 Å². The van der Waals surface area contributed by atoms with Gasteiger partial charge in [0.2, 0.25) is 0 Å². The lowest BCUT2D eigenvalue weighted by atomic mass is 9.89. The van der Waals surface area contributed by atoms with Gasteiger partial charge in [0.25, 0.3) is 0 Å². The molecule has 0 N–H and O–H groups in total. The molecule has 106 valence electrons. The molecule has 0 bridgehead atoms. The minimum absolute atomic E-state index is 0.0322. The van der Waals surface area contributed by atoms with Gasteiger partial charge in [0.15, 0.2) is 0 Å². The molecule has 3 heteroatoms. The predicted molar refractivity (Wildman–Crippen MR) is 78.0 cm³/mol. The number of hydrogen-bond donors (Lipinski definition) is 0. The Morgan fingerprint density at radius 1 is 1.24 bits per heavy atom. The Hall–Kier alpha value is -2.18. The van der Waals surface area contributed by atoms with Crippen molar-refractivity contribution in [3.05, 3.63) is 70.5 Å². The Morgan fingerprint density at radius 2 is 2.10 bits per heavy atom. The van der Waals surface area contributed by atoms with Crippen molar-refractivity contribution in [3.8, 4) is 6.07 Å². The summed E-state index contributed by atoms with van der Waals surface area (Å²) < 4.78 is 19.3. The topological polar surface area (TPSA) is 33.0 Å². The number of benzene rings is 2. The van der Waals surface area contributed by atoms with Gasteiger partial charge in [0.05, 0.1) is 24.3 Å². The van der Waals surface area contributed by atoms with Crippen LogP contribution in [0.5, 0.6) is 0 Å². The smallest absolute Gasteiger partial charge is 0.123 e. The fraction of sp³-hybridized carbons (Fsp3) is 0.278. The number of fused-ring (bicyclic) bond motifs is 1. The van der Waals surface area contributed by atoms with Gasteiger partial charge in [-0.1, -0.05) is 24.3 Å². The molecule has 0 aliphatic heterocycles. The quantitative estimate of drug-likeness (QED) is 0.840. The maximum atomic E-state index is 13.3. The molecule has 0 amide bonds. The molecule has 1 unspecified atom stereocenters. The molecule has 1 aliphatic rings. The van der Waals surface area contributed by atoms with Gasteiger partial charge in [-0.15, -0.1) is 0 Å². The van der Waals surface area contributed by atoms with Crippen molar-refractivity contribution < 1.29 is 9.13 Å². The largest absolute Gasteiger partial charge is 0.369 e. The maximum absolute atomic E-state index is 13.3. The Balaban J connectivity index is 1.78. The lowest BCUT2D eigenvalue weighted by Crippen LogP contribution is -2.13. The van der Waals surface area contributed by atoms with Crippen LogP contribution in [0.4, 0.5) is 4.39 Å². The first kappa shape index (κ1) is 13.8. The van der Waals surface area contributed by atoms with E-state index in [0.29, 0.717) is 11.1 Å². The first-order valence-corrected chi connectivity index (χ1v) is 7.16. The molecule has 0 saturated heterocycles. The zero-order valence-corrected chi connectivity index (χ0v) is 11.7. The van der Waals surface area contributed by atoms with Gasteiger partial charge in [-0.2, -0.15) is 5.26 Å². The summed E-state index contributed by atoms with van der Waals surface area (Å²) >= 11 is 0. The first-order valence-electron chi connectivity index (χ1n) is 7.16. The summed E-state index contributed by atoms with van der Waals surface area (Å²) in [7, 11) is 0. The Morgan fingerprint density at radius 3 is 2.95 bits per heavy atom. The van der Waals surface area contributed by atoms with E-state index in [1.807, 2.05) is 12.1 Å². The summed E-state index contributed by atoms with van der Waals surface area (Å²) in [6.45, 7) is 0.264. The van der Waals surface area contributed by atoms with Gasteiger partial charge in [0.1, 0.15) is 5.82 Å². The molecule has 0 spiro atoms. The predicted octanol–water partition coefficient (Wildman–Crippen LogP) is 4.29. The SMILES string of the molecule is N#Cc1ccc(F)cc1COC1CCCc2ccccc21. The van der Waals surface area contributed by atoms with Crippen molar-refractivity contribution in [3.63, 3.8) is 0 Å². The average molecular weight is 281 g/mol. The van der Waals surface area contributed by atoms with E-state index in [0.717, 1.165) is 19.3 Å². The first-order chi connectivity index (χ1) is 10.3. The Labute approximate surface area is 123 Å². The van der Waals surface area contributed by atoms with E-state index in [1.165, 1.54) is 29.3 Å². The van der Waals surface area contributed by atoms with E-state index >= 15 is 0 Å². The summed E-state index contributed by atoms with van der Waals surface area (Å²) in [5, 5.41) is 9.08. The molecule has 1 aliphatic carbocycles. The van der Waals surface area contributed by atoms with E-state index in [1.54, 1.807) is 0 Å². The van der Waals surface area contributed by atoms with Gasteiger partial charge in [-0.05, 0) is 54.2 Å². The molecule has 0 heterocycles. The number of hydrogen-bond acceptors (Lipinski definition) is 2. The minimum Gasteiger partial charge on any atom is -0.369 e. The van der Waals surface area contributed by atoms with Crippen molar-refractivity contribution >= 4 is 0 Å². The highest BCUT2D eigenvalue weighted by molar-refractivity contribution is 5.37. The maximum Gasteiger partial charge on any atom is 0.123 e. The third kappa shape index (κ3) is 2.96. The normalized spacial score (nSPS) is 17.0. The fourth-order valence-electron chi connectivity index (χ4n) is 2.86. The summed E-state index contributed by atoms with van der Waals surface area (Å²) in [5.41, 5.74) is 3.63. The molecule has 3 rings (SSSR count). The lowest BCUT2D eigenvalue weighted by molar-refractivity contribution is 0.0280. The number of aryl methyl sites for hydroxylation is 1. The Bertz CT molecular complexity index is 690. The number of ether oxygens (including phenoxy) is 1. The van der Waals surface area contributed by atoms with E-state index in [4.69, 9.17) is 10.00 Å². The van der Waals surface area contributed by atoms with Crippen molar-refractivity contribution in [2.24, 2.45) is 0 Å². The Kier molecular flexibility index (Phi) is 3.98. The van der Waals surface area contributed by atoms with Crippen molar-refractivity contribution in [2.45, 2.75) is 32.0 Å². The van der Waals surface area contributed by atoms with Crippen LogP contribution >= 0.6 is 0 Å². The van der Waals surface area contributed by atoms with E-state index < -0.39 is 0 Å². The molecule has 21 heavy (non-hydrogen) atoms. The zero-order valence-electron chi connectivity index (χ0n) is 11.7. The van der Waals surface area contributed by atoms with Gasteiger partial charge in [0, 0.05) is 0 Å². The standard InChI is InChI=1S/C18H16FNO/c19-16-9-8-14(11-20)15(10-16)12-21-18-7-3-5-13-4-1-2-6-17(13)18/h1-2,4,6,8-10,18H,3,5,7,12H2. The van der Waals surface area contributed by atoms with Crippen molar-refractivity contribution in [1.82, 2.24) is 0 Å². The number of nitriles is 1. The molecule has 0 aromatic heterocycles. The van der Waals surface area contributed by atoms with Crippen LogP contribution in [0.3, 0.4) is 0 Å². The van der Waals surface area contributed by atoms with Gasteiger partial charge < -0.3 is 4.74 Å². The molecular formula is C18H16FNO. The zero-order chi connectivity index (χ0) is 14.7. The third-order valence-electron chi connectivity index (χ3n) is 3.94. The molecular weight excluding hydrogens is 265 g/mol. The van der Waals surface area contributed by atoms with Crippen LogP contribution in [0, 0.1) is 17.1 Å². The van der Waals surface area contributed by atoms with Crippen LogP contribution in [-0.4, -0.2) is 0 Å². The summed E-state index contributed by atoms with van der Waals surface area (Å²) in [5.74, 6) is -0.336. The van der Waals surface area contributed by atoms with Crippen LogP contribution in [-0.2, 0) is 17.8 Å². The van der Waals surface area contributed by atoms with E-state index in [2.05, 4.69) is 18.2 Å². The number of rotatable bonds is 3. The van der Waals surface area contributed by atoms with Crippen molar-refractivity contribution in [1.29, 1.82) is 5.26 Å². The molecule has 1 atom stereocenters. The van der Waals surface area contributed by atoms with Crippen molar-refractivity contribution in [2.75, 3.05) is 0 Å². The van der Waals surface area contributed by atoms with Gasteiger partial charge >= 0.3 is 0 Å². The van der Waals surface area contributed by atoms with E-state index in [9.17, 15) is 4.39 Å². The molecule has 2 nitrogen and oxygen atoms in total. The summed E-state index contributed by atoms with van der Waals surface area (Å²) in [6.07, 6.45) is 3.17. The van der Waals surface area contributed by atoms with Crippen LogP contribution < -0.4 is 0 Å². The summed E-state index contributed by atoms with van der Waals surface area (Å²) in [4.78, 5) is 0. The highest BCUT2D eigenvalue weighted by Gasteiger charge is 2.20. The van der Waals surface area contributed by atoms with Crippen LogP contribution in [0.1, 0.15) is 41.2 Å². The number of halogens is 1. The monoisotopic (exact) mass is 281 g/mol. The third-order valence-corrected chi connectivity index (χ3v) is 3.94. The summed E-state index contributed by atoms with van der Waals surface area (Å²) in [6, 6.07) is 14.6. The minimum atomic E-state index is -0.336. The van der Waals surface area contributed by atoms with Crippen LogP contribution in [0.2, 0.25) is 0 Å². The second-order valence-electron chi connectivity index (χ2n) is 5.30. The fourth-order valence-corrected chi connectivity index (χ4v) is 2.86. The second kappa shape index (κ2) is 6.07. The average Bonchev–Trinajstić information content (AvgIpc) is 2.53. The van der Waals surface area contributed by atoms with E-state index in [-0.39, 0.29) is 18.5 Å².